The van der Waals surface area contributed by atoms with Crippen molar-refractivity contribution in [2.75, 3.05) is 5.73 Å². The zero-order valence-electron chi connectivity index (χ0n) is 12.4. The van der Waals surface area contributed by atoms with E-state index in [1.54, 1.807) is 24.3 Å². The van der Waals surface area contributed by atoms with Crippen LogP contribution in [0.5, 0.6) is 0 Å². The quantitative estimate of drug-likeness (QED) is 0.688. The molecule has 0 bridgehead atoms. The van der Waals surface area contributed by atoms with Crippen molar-refractivity contribution in [1.82, 2.24) is 4.72 Å². The summed E-state index contributed by atoms with van der Waals surface area (Å²) in [5.41, 5.74) is 6.99. The molecular formula is C15H26N2O2S. The molecule has 3 N–H and O–H groups in total. The lowest BCUT2D eigenvalue weighted by molar-refractivity contribution is 0.483. The first-order chi connectivity index (χ1) is 9.46. The highest BCUT2D eigenvalue weighted by Gasteiger charge is 2.17. The van der Waals surface area contributed by atoms with Crippen LogP contribution in [-0.4, -0.2) is 14.5 Å². The standard InChI is InChI=1S/C15H26N2O2S/c1-3-5-10-15(7-4-2)17-20(18,19)12-13-8-6-9-14(16)11-13/h6,8-9,11,15,17H,3-5,7,10,12,16H2,1-2H3. The summed E-state index contributed by atoms with van der Waals surface area (Å²) in [5, 5.41) is 0. The second-order valence-electron chi connectivity index (χ2n) is 5.25. The third-order valence-corrected chi connectivity index (χ3v) is 4.60. The molecule has 20 heavy (non-hydrogen) atoms. The van der Waals surface area contributed by atoms with Crippen LogP contribution in [0.4, 0.5) is 5.69 Å². The average Bonchev–Trinajstić information content (AvgIpc) is 2.35. The Bertz CT molecular complexity index is 500. The minimum Gasteiger partial charge on any atom is -0.399 e. The van der Waals surface area contributed by atoms with Crippen LogP contribution in [0.3, 0.4) is 0 Å². The van der Waals surface area contributed by atoms with Crippen LogP contribution in [0.15, 0.2) is 24.3 Å². The van der Waals surface area contributed by atoms with Gasteiger partial charge in [0.1, 0.15) is 0 Å². The van der Waals surface area contributed by atoms with Crippen molar-refractivity contribution in [3.8, 4) is 0 Å². The molecule has 0 aliphatic rings. The highest BCUT2D eigenvalue weighted by atomic mass is 32.2. The Hall–Kier alpha value is -1.07. The largest absolute Gasteiger partial charge is 0.399 e. The van der Waals surface area contributed by atoms with Gasteiger partial charge in [0, 0.05) is 11.7 Å². The SMILES string of the molecule is CCCCC(CCC)NS(=O)(=O)Cc1cccc(N)c1. The number of nitrogen functional groups attached to an aromatic ring is 1. The van der Waals surface area contributed by atoms with Gasteiger partial charge in [0.25, 0.3) is 0 Å². The summed E-state index contributed by atoms with van der Waals surface area (Å²) in [6, 6.07) is 7.08. The van der Waals surface area contributed by atoms with Crippen LogP contribution in [0.25, 0.3) is 0 Å². The minimum absolute atomic E-state index is 0.00954. The number of anilines is 1. The maximum absolute atomic E-state index is 12.2. The van der Waals surface area contributed by atoms with Crippen LogP contribution in [-0.2, 0) is 15.8 Å². The zero-order chi connectivity index (χ0) is 15.0. The second kappa shape index (κ2) is 8.27. The van der Waals surface area contributed by atoms with E-state index >= 15 is 0 Å². The fourth-order valence-corrected chi connectivity index (χ4v) is 3.70. The number of hydrogen-bond donors (Lipinski definition) is 2. The van der Waals surface area contributed by atoms with Gasteiger partial charge in [0.15, 0.2) is 0 Å². The van der Waals surface area contributed by atoms with Crippen LogP contribution < -0.4 is 10.5 Å². The predicted octanol–water partition coefficient (Wildman–Crippen LogP) is 3.05. The number of nitrogens with one attached hydrogen (secondary N) is 1. The molecule has 4 nitrogen and oxygen atoms in total. The molecule has 1 aromatic rings. The monoisotopic (exact) mass is 298 g/mol. The van der Waals surface area contributed by atoms with Crippen LogP contribution in [0, 0.1) is 0 Å². The van der Waals surface area contributed by atoms with E-state index < -0.39 is 10.0 Å². The van der Waals surface area contributed by atoms with E-state index in [0.717, 1.165) is 37.7 Å². The van der Waals surface area contributed by atoms with Gasteiger partial charge in [-0.05, 0) is 30.5 Å². The predicted molar refractivity (Wildman–Crippen MR) is 84.8 cm³/mol. The molecule has 1 aromatic carbocycles. The normalized spacial score (nSPS) is 13.3. The molecule has 0 heterocycles. The molecule has 0 radical (unpaired) electrons. The first-order valence-electron chi connectivity index (χ1n) is 7.31. The van der Waals surface area contributed by atoms with E-state index in [0.29, 0.717) is 5.69 Å². The molecule has 0 aromatic heterocycles. The Morgan fingerprint density at radius 2 is 1.95 bits per heavy atom. The van der Waals surface area contributed by atoms with Gasteiger partial charge in [0.05, 0.1) is 5.75 Å². The Morgan fingerprint density at radius 1 is 1.20 bits per heavy atom. The molecule has 0 aliphatic heterocycles. The van der Waals surface area contributed by atoms with Gasteiger partial charge in [0.2, 0.25) is 10.0 Å². The van der Waals surface area contributed by atoms with Gasteiger partial charge < -0.3 is 5.73 Å². The summed E-state index contributed by atoms with van der Waals surface area (Å²) in [4.78, 5) is 0. The van der Waals surface area contributed by atoms with E-state index in [9.17, 15) is 8.42 Å². The molecule has 0 saturated heterocycles. The van der Waals surface area contributed by atoms with Gasteiger partial charge in [-0.1, -0.05) is 45.2 Å². The average molecular weight is 298 g/mol. The summed E-state index contributed by atoms with van der Waals surface area (Å²) in [5.74, 6) is -0.00954. The van der Waals surface area contributed by atoms with Crippen molar-refractivity contribution in [3.63, 3.8) is 0 Å². The van der Waals surface area contributed by atoms with Crippen molar-refractivity contribution in [2.45, 2.75) is 57.7 Å². The number of sulfonamides is 1. The Labute approximate surface area is 122 Å². The van der Waals surface area contributed by atoms with Crippen LogP contribution in [0.1, 0.15) is 51.5 Å². The van der Waals surface area contributed by atoms with E-state index in [1.165, 1.54) is 0 Å². The maximum atomic E-state index is 12.2. The molecule has 1 atom stereocenters. The van der Waals surface area contributed by atoms with Crippen LogP contribution >= 0.6 is 0 Å². The third-order valence-electron chi connectivity index (χ3n) is 3.20. The lowest BCUT2D eigenvalue weighted by Gasteiger charge is -2.18. The third kappa shape index (κ3) is 6.39. The van der Waals surface area contributed by atoms with Crippen molar-refractivity contribution in [3.05, 3.63) is 29.8 Å². The molecule has 1 rings (SSSR count). The first-order valence-corrected chi connectivity index (χ1v) is 8.96. The molecule has 0 fully saturated rings. The molecule has 5 heteroatoms. The van der Waals surface area contributed by atoms with E-state index in [-0.39, 0.29) is 11.8 Å². The first kappa shape index (κ1) is 17.0. The van der Waals surface area contributed by atoms with E-state index in [4.69, 9.17) is 5.73 Å². The van der Waals surface area contributed by atoms with E-state index in [1.807, 2.05) is 0 Å². The fourth-order valence-electron chi connectivity index (χ4n) is 2.26. The molecular weight excluding hydrogens is 272 g/mol. The minimum atomic E-state index is -3.31. The second-order valence-corrected chi connectivity index (χ2v) is 7.00. The summed E-state index contributed by atoms with van der Waals surface area (Å²) >= 11 is 0. The van der Waals surface area contributed by atoms with Crippen LogP contribution in [0.2, 0.25) is 0 Å². The Balaban J connectivity index is 2.66. The number of benzene rings is 1. The summed E-state index contributed by atoms with van der Waals surface area (Å²) in [6.45, 7) is 4.19. The van der Waals surface area contributed by atoms with Crippen molar-refractivity contribution < 1.29 is 8.42 Å². The topological polar surface area (TPSA) is 72.2 Å². The zero-order valence-corrected chi connectivity index (χ0v) is 13.2. The van der Waals surface area contributed by atoms with Gasteiger partial charge >= 0.3 is 0 Å². The Morgan fingerprint density at radius 3 is 2.55 bits per heavy atom. The number of rotatable bonds is 9. The summed E-state index contributed by atoms with van der Waals surface area (Å²) in [6.07, 6.45) is 4.90. The molecule has 1 unspecified atom stereocenters. The molecule has 114 valence electrons. The Kier molecular flexibility index (Phi) is 7.02. The van der Waals surface area contributed by atoms with Gasteiger partial charge in [-0.2, -0.15) is 0 Å². The van der Waals surface area contributed by atoms with Crippen molar-refractivity contribution in [2.24, 2.45) is 0 Å². The number of nitrogens with two attached hydrogens (primary N) is 1. The molecule has 0 amide bonds. The molecule has 0 spiro atoms. The van der Waals surface area contributed by atoms with Crippen molar-refractivity contribution >= 4 is 15.7 Å². The highest BCUT2D eigenvalue weighted by Crippen LogP contribution is 2.13. The lowest BCUT2D eigenvalue weighted by Crippen LogP contribution is -2.35. The summed E-state index contributed by atoms with van der Waals surface area (Å²) < 4.78 is 27.2. The summed E-state index contributed by atoms with van der Waals surface area (Å²) in [7, 11) is -3.31. The number of unbranched alkanes of at least 4 members (excludes halogenated alkanes) is 1. The molecule has 0 aliphatic carbocycles. The lowest BCUT2D eigenvalue weighted by atomic mass is 10.1. The van der Waals surface area contributed by atoms with Gasteiger partial charge in [-0.3, -0.25) is 0 Å². The highest BCUT2D eigenvalue weighted by molar-refractivity contribution is 7.88. The van der Waals surface area contributed by atoms with E-state index in [2.05, 4.69) is 18.6 Å². The van der Waals surface area contributed by atoms with Crippen molar-refractivity contribution in [1.29, 1.82) is 0 Å². The fraction of sp³-hybridized carbons (Fsp3) is 0.600. The smallest absolute Gasteiger partial charge is 0.216 e. The maximum Gasteiger partial charge on any atom is 0.216 e. The molecule has 0 saturated carbocycles. The van der Waals surface area contributed by atoms with Gasteiger partial charge in [-0.15, -0.1) is 0 Å². The number of hydrogen-bond acceptors (Lipinski definition) is 3. The van der Waals surface area contributed by atoms with Gasteiger partial charge in [-0.25, -0.2) is 13.1 Å².